The van der Waals surface area contributed by atoms with Gasteiger partial charge in [0.25, 0.3) is 0 Å². The van der Waals surface area contributed by atoms with Crippen LogP contribution >= 0.6 is 46.1 Å². The Morgan fingerprint density at radius 3 is 2.43 bits per heavy atom. The molecule has 0 aliphatic heterocycles. The van der Waals surface area contributed by atoms with E-state index in [1.807, 2.05) is 0 Å². The van der Waals surface area contributed by atoms with E-state index >= 15 is 0 Å². The Morgan fingerprint density at radius 1 is 1.07 bits per heavy atom. The van der Waals surface area contributed by atoms with Crippen LogP contribution in [0.4, 0.5) is 5.00 Å². The summed E-state index contributed by atoms with van der Waals surface area (Å²) in [4.78, 5) is 25.0. The molecular formula is C22H16Cl3NO3S. The Kier molecular flexibility index (Phi) is 7.56. The lowest BCUT2D eigenvalue weighted by Crippen LogP contribution is -2.12. The average Bonchev–Trinajstić information content (AvgIpc) is 3.11. The van der Waals surface area contributed by atoms with Crippen molar-refractivity contribution >= 4 is 69.1 Å². The van der Waals surface area contributed by atoms with Crippen LogP contribution in [0, 0.1) is 0 Å². The average molecular weight is 481 g/mol. The highest BCUT2D eigenvalue weighted by atomic mass is 35.5. The molecule has 8 heteroatoms. The SMILES string of the molecule is CCOC(=O)c1c(-c2ccc(Cl)cc2)csc1NC(=O)/C=C/c1ccc(Cl)cc1Cl. The molecule has 1 aromatic heterocycles. The van der Waals surface area contributed by atoms with E-state index < -0.39 is 11.9 Å². The van der Waals surface area contributed by atoms with Gasteiger partial charge >= 0.3 is 5.97 Å². The number of carbonyl (C=O) groups excluding carboxylic acids is 2. The fraction of sp³-hybridized carbons (Fsp3) is 0.0909. The summed E-state index contributed by atoms with van der Waals surface area (Å²) in [6, 6.07) is 12.1. The van der Waals surface area contributed by atoms with Crippen LogP contribution in [0.2, 0.25) is 15.1 Å². The number of carbonyl (C=O) groups is 2. The molecule has 4 nitrogen and oxygen atoms in total. The maximum Gasteiger partial charge on any atom is 0.341 e. The molecule has 1 N–H and O–H groups in total. The third-order valence-corrected chi connectivity index (χ3v) is 5.75. The van der Waals surface area contributed by atoms with Crippen molar-refractivity contribution in [2.24, 2.45) is 0 Å². The van der Waals surface area contributed by atoms with Gasteiger partial charge in [0.15, 0.2) is 0 Å². The monoisotopic (exact) mass is 479 g/mol. The van der Waals surface area contributed by atoms with Gasteiger partial charge in [-0.25, -0.2) is 4.79 Å². The summed E-state index contributed by atoms with van der Waals surface area (Å²) in [6.45, 7) is 1.94. The van der Waals surface area contributed by atoms with E-state index in [9.17, 15) is 9.59 Å². The molecular weight excluding hydrogens is 465 g/mol. The molecule has 0 saturated carbocycles. The van der Waals surface area contributed by atoms with Crippen molar-refractivity contribution in [3.8, 4) is 11.1 Å². The topological polar surface area (TPSA) is 55.4 Å². The Morgan fingerprint density at radius 2 is 1.77 bits per heavy atom. The first-order valence-electron chi connectivity index (χ1n) is 8.87. The molecule has 2 aromatic carbocycles. The first-order chi connectivity index (χ1) is 14.4. The van der Waals surface area contributed by atoms with E-state index in [1.165, 1.54) is 17.4 Å². The number of thiophene rings is 1. The van der Waals surface area contributed by atoms with Crippen molar-refractivity contribution < 1.29 is 14.3 Å². The molecule has 154 valence electrons. The smallest absolute Gasteiger partial charge is 0.341 e. The standard InChI is InChI=1S/C22H16Cl3NO3S/c1-2-29-22(28)20-17(13-3-7-15(23)8-4-13)12-30-21(20)26-19(27)10-6-14-5-9-16(24)11-18(14)25/h3-12H,2H2,1H3,(H,26,27)/b10-6+. The van der Waals surface area contributed by atoms with Gasteiger partial charge in [-0.1, -0.05) is 53.0 Å². The summed E-state index contributed by atoms with van der Waals surface area (Å²) in [5, 5.41) is 6.47. The maximum absolute atomic E-state index is 12.6. The van der Waals surface area contributed by atoms with Gasteiger partial charge in [-0.3, -0.25) is 4.79 Å². The van der Waals surface area contributed by atoms with Crippen molar-refractivity contribution in [2.75, 3.05) is 11.9 Å². The van der Waals surface area contributed by atoms with Gasteiger partial charge in [-0.05, 0) is 48.4 Å². The Labute approximate surface area is 193 Å². The second-order valence-electron chi connectivity index (χ2n) is 6.07. The predicted molar refractivity (Wildman–Crippen MR) is 125 cm³/mol. The van der Waals surface area contributed by atoms with E-state index in [1.54, 1.807) is 60.8 Å². The lowest BCUT2D eigenvalue weighted by Gasteiger charge is -2.08. The summed E-state index contributed by atoms with van der Waals surface area (Å²) in [5.74, 6) is -0.917. The van der Waals surface area contributed by atoms with E-state index in [0.717, 1.165) is 5.56 Å². The number of nitrogens with one attached hydrogen (secondary N) is 1. The molecule has 0 atom stereocenters. The molecule has 30 heavy (non-hydrogen) atoms. The van der Waals surface area contributed by atoms with Crippen LogP contribution in [0.15, 0.2) is 53.9 Å². The van der Waals surface area contributed by atoms with E-state index in [2.05, 4.69) is 5.32 Å². The predicted octanol–water partition coefficient (Wildman–Crippen LogP) is 7.20. The van der Waals surface area contributed by atoms with Crippen molar-refractivity contribution in [3.05, 3.63) is 80.1 Å². The van der Waals surface area contributed by atoms with Gasteiger partial charge < -0.3 is 10.1 Å². The summed E-state index contributed by atoms with van der Waals surface area (Å²) < 4.78 is 5.19. The van der Waals surface area contributed by atoms with Gasteiger partial charge in [0.1, 0.15) is 10.6 Å². The molecule has 0 saturated heterocycles. The van der Waals surface area contributed by atoms with Crippen molar-refractivity contribution in [2.45, 2.75) is 6.92 Å². The van der Waals surface area contributed by atoms with Crippen molar-refractivity contribution in [1.29, 1.82) is 0 Å². The third kappa shape index (κ3) is 5.43. The molecule has 0 unspecified atom stereocenters. The molecule has 0 bridgehead atoms. The van der Waals surface area contributed by atoms with Crippen LogP contribution < -0.4 is 5.32 Å². The van der Waals surface area contributed by atoms with Gasteiger partial charge in [-0.15, -0.1) is 11.3 Å². The number of rotatable bonds is 6. The highest BCUT2D eigenvalue weighted by Crippen LogP contribution is 2.36. The van der Waals surface area contributed by atoms with E-state index in [-0.39, 0.29) is 6.61 Å². The minimum atomic E-state index is -0.510. The number of esters is 1. The highest BCUT2D eigenvalue weighted by Gasteiger charge is 2.22. The summed E-state index contributed by atoms with van der Waals surface area (Å²) in [7, 11) is 0. The molecule has 0 fully saturated rings. The molecule has 3 rings (SSSR count). The zero-order chi connectivity index (χ0) is 21.7. The van der Waals surface area contributed by atoms with Crippen LogP contribution in [0.5, 0.6) is 0 Å². The number of amides is 1. The molecule has 0 aliphatic carbocycles. The molecule has 3 aromatic rings. The molecule has 0 radical (unpaired) electrons. The van der Waals surface area contributed by atoms with E-state index in [0.29, 0.717) is 36.8 Å². The Hall–Kier alpha value is -2.31. The maximum atomic E-state index is 12.6. The second-order valence-corrected chi connectivity index (χ2v) is 8.23. The van der Waals surface area contributed by atoms with Crippen LogP contribution in [0.25, 0.3) is 17.2 Å². The molecule has 1 amide bonds. The highest BCUT2D eigenvalue weighted by molar-refractivity contribution is 7.15. The van der Waals surface area contributed by atoms with Crippen molar-refractivity contribution in [1.82, 2.24) is 0 Å². The number of hydrogen-bond donors (Lipinski definition) is 1. The summed E-state index contributed by atoms with van der Waals surface area (Å²) in [6.07, 6.45) is 2.91. The van der Waals surface area contributed by atoms with Crippen LogP contribution in [0.1, 0.15) is 22.8 Å². The fourth-order valence-electron chi connectivity index (χ4n) is 2.65. The summed E-state index contributed by atoms with van der Waals surface area (Å²) in [5.41, 5.74) is 2.41. The lowest BCUT2D eigenvalue weighted by atomic mass is 10.0. The number of anilines is 1. The van der Waals surface area contributed by atoms with Gasteiger partial charge in [0.2, 0.25) is 5.91 Å². The Bertz CT molecular complexity index is 1110. The number of benzene rings is 2. The van der Waals surface area contributed by atoms with Crippen LogP contribution in [-0.2, 0) is 9.53 Å². The zero-order valence-electron chi connectivity index (χ0n) is 15.7. The zero-order valence-corrected chi connectivity index (χ0v) is 18.8. The third-order valence-electron chi connectivity index (χ3n) is 4.04. The van der Waals surface area contributed by atoms with Gasteiger partial charge in [0.05, 0.1) is 6.61 Å². The number of halogens is 3. The first-order valence-corrected chi connectivity index (χ1v) is 10.9. The van der Waals surface area contributed by atoms with Crippen LogP contribution in [0.3, 0.4) is 0 Å². The number of ether oxygens (including phenoxy) is 1. The molecule has 0 spiro atoms. The molecule has 1 heterocycles. The molecule has 0 aliphatic rings. The second kappa shape index (κ2) is 10.1. The van der Waals surface area contributed by atoms with Gasteiger partial charge in [-0.2, -0.15) is 0 Å². The Balaban J connectivity index is 1.87. The van der Waals surface area contributed by atoms with Gasteiger partial charge in [0, 0.05) is 32.1 Å². The fourth-order valence-corrected chi connectivity index (χ4v) is 4.21. The lowest BCUT2D eigenvalue weighted by molar-refractivity contribution is -0.111. The summed E-state index contributed by atoms with van der Waals surface area (Å²) >= 11 is 19.2. The van der Waals surface area contributed by atoms with Crippen LogP contribution in [-0.4, -0.2) is 18.5 Å². The quantitative estimate of drug-likeness (QED) is 0.300. The minimum absolute atomic E-state index is 0.219. The largest absolute Gasteiger partial charge is 0.462 e. The number of hydrogen-bond acceptors (Lipinski definition) is 4. The minimum Gasteiger partial charge on any atom is -0.462 e. The first kappa shape index (κ1) is 22.4. The van der Waals surface area contributed by atoms with E-state index in [4.69, 9.17) is 39.5 Å². The normalized spacial score (nSPS) is 10.9. The van der Waals surface area contributed by atoms with Crippen molar-refractivity contribution in [3.63, 3.8) is 0 Å².